The van der Waals surface area contributed by atoms with Gasteiger partial charge in [0.15, 0.2) is 11.6 Å². The number of nitrogens with one attached hydrogen (secondary N) is 2. The van der Waals surface area contributed by atoms with E-state index in [1.54, 1.807) is 18.2 Å². The van der Waals surface area contributed by atoms with Crippen molar-refractivity contribution in [1.29, 1.82) is 0 Å². The highest BCUT2D eigenvalue weighted by Gasteiger charge is 2.54. The summed E-state index contributed by atoms with van der Waals surface area (Å²) in [5.74, 6) is 0.614. The lowest BCUT2D eigenvalue weighted by Crippen LogP contribution is -2.54. The van der Waals surface area contributed by atoms with Gasteiger partial charge >= 0.3 is 0 Å². The molecule has 1 aliphatic rings. The summed E-state index contributed by atoms with van der Waals surface area (Å²) in [4.78, 5) is 21.3. The Morgan fingerprint density at radius 2 is 1.88 bits per heavy atom. The number of carbonyl (C=O) groups is 1. The average Bonchev–Trinajstić information content (AvgIpc) is 3.34. The molecule has 0 spiro atoms. The highest BCUT2D eigenvalue weighted by atomic mass is 79.9. The van der Waals surface area contributed by atoms with Crippen molar-refractivity contribution in [1.82, 2.24) is 15.8 Å². The van der Waals surface area contributed by atoms with Crippen LogP contribution in [0.15, 0.2) is 76.2 Å². The minimum atomic E-state index is -1.42. The largest absolute Gasteiger partial charge is 0.494 e. The fraction of sp³-hybridized carbons (Fsp3) is 0.355. The number of hydrogen-bond donors (Lipinski definition) is 3. The number of aliphatic imine (C=N–C) groups is 1. The molecule has 0 fully saturated rings. The highest BCUT2D eigenvalue weighted by molar-refractivity contribution is 9.10. The first-order valence-electron chi connectivity index (χ1n) is 13.7. The van der Waals surface area contributed by atoms with E-state index in [2.05, 4.69) is 31.7 Å². The van der Waals surface area contributed by atoms with E-state index in [0.717, 1.165) is 23.0 Å². The van der Waals surface area contributed by atoms with E-state index < -0.39 is 11.6 Å². The number of benzene rings is 3. The van der Waals surface area contributed by atoms with Crippen LogP contribution in [0, 0.1) is 0 Å². The first-order chi connectivity index (χ1) is 20.2. The fourth-order valence-corrected chi connectivity index (χ4v) is 5.57. The average molecular weight is 678 g/mol. The zero-order chi connectivity index (χ0) is 30.1. The van der Waals surface area contributed by atoms with E-state index in [0.29, 0.717) is 52.4 Å². The number of aliphatic hydroxyl groups is 1. The Balaban J connectivity index is 1.75. The smallest absolute Gasteiger partial charge is 0.266 e. The van der Waals surface area contributed by atoms with Gasteiger partial charge in [-0.15, -0.1) is 0 Å². The molecule has 0 radical (unpaired) electrons. The van der Waals surface area contributed by atoms with Crippen LogP contribution in [0.5, 0.6) is 5.75 Å². The third kappa shape index (κ3) is 8.03. The summed E-state index contributed by atoms with van der Waals surface area (Å²) in [7, 11) is 4.01. The van der Waals surface area contributed by atoms with Gasteiger partial charge in [0.05, 0.1) is 6.61 Å². The molecule has 4 rings (SSSR count). The SMILES string of the molecule is CN(C)CCCNNC(=O)[C@@]1(Cc2ccccc2Br)N=C(c2ccc(OCCCO)cc2)O[C@H]1c1ccc(Cl)cc1Cl. The summed E-state index contributed by atoms with van der Waals surface area (Å²) in [6.07, 6.45) is 0.759. The Bertz CT molecular complexity index is 1390. The van der Waals surface area contributed by atoms with Crippen molar-refractivity contribution in [2.75, 3.05) is 40.4 Å². The molecule has 11 heteroatoms. The Kier molecular flexibility index (Phi) is 11.7. The number of amides is 1. The van der Waals surface area contributed by atoms with Gasteiger partial charge < -0.3 is 19.5 Å². The molecule has 2 atom stereocenters. The van der Waals surface area contributed by atoms with E-state index >= 15 is 0 Å². The van der Waals surface area contributed by atoms with E-state index in [-0.39, 0.29) is 18.9 Å². The highest BCUT2D eigenvalue weighted by Crippen LogP contribution is 2.45. The normalized spacial score (nSPS) is 18.1. The first-order valence-corrected chi connectivity index (χ1v) is 15.3. The molecule has 0 bridgehead atoms. The minimum absolute atomic E-state index is 0.0591. The van der Waals surface area contributed by atoms with Gasteiger partial charge in [0.25, 0.3) is 5.91 Å². The predicted molar refractivity (Wildman–Crippen MR) is 170 cm³/mol. The van der Waals surface area contributed by atoms with Crippen molar-refractivity contribution in [2.45, 2.75) is 30.9 Å². The standard InChI is InChI=1S/C31H35BrCl2N4O4/c1-38(2)16-5-15-35-37-30(40)31(20-22-7-3-4-8-26(22)32)28(25-14-11-23(33)19-27(25)34)42-29(36-31)21-9-12-24(13-10-21)41-18-6-17-39/h3-4,7-14,19,28,35,39H,5-6,15-18,20H2,1-2H3,(H,37,40)/t28-,31-/m0/s1. The molecule has 3 N–H and O–H groups in total. The van der Waals surface area contributed by atoms with Crippen molar-refractivity contribution >= 4 is 50.9 Å². The van der Waals surface area contributed by atoms with Crippen LogP contribution < -0.4 is 15.6 Å². The van der Waals surface area contributed by atoms with Crippen LogP contribution in [0.4, 0.5) is 0 Å². The predicted octanol–water partition coefficient (Wildman–Crippen LogP) is 5.59. The minimum Gasteiger partial charge on any atom is -0.494 e. The monoisotopic (exact) mass is 676 g/mol. The Hall–Kier alpha value is -2.66. The maximum atomic E-state index is 14.2. The molecule has 1 aliphatic heterocycles. The van der Waals surface area contributed by atoms with Crippen LogP contribution in [0.2, 0.25) is 10.0 Å². The molecule has 0 aromatic heterocycles. The molecule has 8 nitrogen and oxygen atoms in total. The quantitative estimate of drug-likeness (QED) is 0.152. The van der Waals surface area contributed by atoms with Gasteiger partial charge in [-0.1, -0.05) is 63.4 Å². The lowest BCUT2D eigenvalue weighted by Gasteiger charge is -2.31. The Morgan fingerprint density at radius 3 is 2.57 bits per heavy atom. The molecular formula is C31H35BrCl2N4O4. The summed E-state index contributed by atoms with van der Waals surface area (Å²) in [5.41, 5.74) is 6.72. The van der Waals surface area contributed by atoms with Gasteiger partial charge in [-0.05, 0) is 75.1 Å². The number of rotatable bonds is 14. The number of aliphatic hydroxyl groups excluding tert-OH is 1. The molecule has 3 aromatic rings. The van der Waals surface area contributed by atoms with Gasteiger partial charge in [0.2, 0.25) is 5.90 Å². The number of hydrogen-bond acceptors (Lipinski definition) is 7. The number of carbonyl (C=O) groups excluding carboxylic acids is 1. The lowest BCUT2D eigenvalue weighted by atomic mass is 9.82. The number of nitrogens with zero attached hydrogens (tertiary/aromatic N) is 2. The molecule has 1 amide bonds. The Labute approximate surface area is 265 Å². The molecular weight excluding hydrogens is 643 g/mol. The van der Waals surface area contributed by atoms with Gasteiger partial charge in [-0.25, -0.2) is 10.4 Å². The third-order valence-electron chi connectivity index (χ3n) is 6.80. The molecule has 0 aliphatic carbocycles. The molecule has 0 unspecified atom stereocenters. The zero-order valence-corrected chi connectivity index (χ0v) is 26.7. The third-order valence-corrected chi connectivity index (χ3v) is 8.14. The van der Waals surface area contributed by atoms with E-state index in [1.807, 2.05) is 62.6 Å². The van der Waals surface area contributed by atoms with Crippen molar-refractivity contribution in [3.05, 3.63) is 97.9 Å². The van der Waals surface area contributed by atoms with Gasteiger partial charge in [-0.3, -0.25) is 10.2 Å². The van der Waals surface area contributed by atoms with Crippen molar-refractivity contribution in [2.24, 2.45) is 4.99 Å². The molecule has 0 saturated heterocycles. The van der Waals surface area contributed by atoms with Crippen LogP contribution in [-0.4, -0.2) is 67.7 Å². The van der Waals surface area contributed by atoms with E-state index in [4.69, 9.17) is 42.8 Å². The van der Waals surface area contributed by atoms with Crippen LogP contribution >= 0.6 is 39.1 Å². The zero-order valence-electron chi connectivity index (χ0n) is 23.6. The van der Waals surface area contributed by atoms with Gasteiger partial charge in [0.1, 0.15) is 5.75 Å². The second-order valence-electron chi connectivity index (χ2n) is 10.3. The topological polar surface area (TPSA) is 95.4 Å². The van der Waals surface area contributed by atoms with Crippen LogP contribution in [0.25, 0.3) is 0 Å². The van der Waals surface area contributed by atoms with Crippen LogP contribution in [0.3, 0.4) is 0 Å². The summed E-state index contributed by atoms with van der Waals surface area (Å²) < 4.78 is 13.1. The number of halogens is 3. The lowest BCUT2D eigenvalue weighted by molar-refractivity contribution is -0.130. The summed E-state index contributed by atoms with van der Waals surface area (Å²) >= 11 is 16.6. The van der Waals surface area contributed by atoms with Crippen LogP contribution in [0.1, 0.15) is 35.6 Å². The molecule has 42 heavy (non-hydrogen) atoms. The van der Waals surface area contributed by atoms with Crippen molar-refractivity contribution < 1.29 is 19.4 Å². The molecule has 3 aromatic carbocycles. The summed E-state index contributed by atoms with van der Waals surface area (Å²) in [6.45, 7) is 1.92. The fourth-order valence-electron chi connectivity index (χ4n) is 4.64. The second-order valence-corrected chi connectivity index (χ2v) is 12.0. The van der Waals surface area contributed by atoms with Crippen LogP contribution in [-0.2, 0) is 16.0 Å². The van der Waals surface area contributed by atoms with Gasteiger partial charge in [0, 0.05) is 51.6 Å². The molecule has 224 valence electrons. The van der Waals surface area contributed by atoms with E-state index in [1.165, 1.54) is 0 Å². The van der Waals surface area contributed by atoms with Crippen molar-refractivity contribution in [3.63, 3.8) is 0 Å². The Morgan fingerprint density at radius 1 is 1.12 bits per heavy atom. The maximum Gasteiger partial charge on any atom is 0.266 e. The van der Waals surface area contributed by atoms with E-state index in [9.17, 15) is 4.79 Å². The summed E-state index contributed by atoms with van der Waals surface area (Å²) in [6, 6.07) is 20.2. The molecule has 0 saturated carbocycles. The number of ether oxygens (including phenoxy) is 2. The second kappa shape index (κ2) is 15.2. The summed E-state index contributed by atoms with van der Waals surface area (Å²) in [5, 5.41) is 9.88. The van der Waals surface area contributed by atoms with Gasteiger partial charge in [-0.2, -0.15) is 0 Å². The maximum absolute atomic E-state index is 14.2. The molecule has 1 heterocycles. The first kappa shape index (κ1) is 32.3. The number of hydrazine groups is 1. The van der Waals surface area contributed by atoms with Crippen molar-refractivity contribution in [3.8, 4) is 5.75 Å².